The molecule has 0 unspecified atom stereocenters. The lowest BCUT2D eigenvalue weighted by atomic mass is 9.90. The maximum atomic E-state index is 10.9. The third kappa shape index (κ3) is 2.39. The van der Waals surface area contributed by atoms with Crippen LogP contribution in [0.3, 0.4) is 0 Å². The van der Waals surface area contributed by atoms with Crippen LogP contribution in [0.15, 0.2) is 29.4 Å². The molecule has 1 amide bonds. The monoisotopic (exact) mass is 218 g/mol. The highest BCUT2D eigenvalue weighted by Crippen LogP contribution is 2.18. The van der Waals surface area contributed by atoms with E-state index in [1.54, 1.807) is 0 Å². The minimum absolute atomic E-state index is 0.522. The van der Waals surface area contributed by atoms with Gasteiger partial charge in [-0.3, -0.25) is 0 Å². The van der Waals surface area contributed by atoms with Crippen LogP contribution in [0.1, 0.15) is 17.5 Å². The molecular formula is C12H14N2O2. The molecule has 0 aliphatic heterocycles. The highest BCUT2D eigenvalue weighted by atomic mass is 16.5. The van der Waals surface area contributed by atoms with Crippen LogP contribution in [-0.4, -0.2) is 18.9 Å². The largest absolute Gasteiger partial charge is 0.452 e. The Labute approximate surface area is 94.3 Å². The van der Waals surface area contributed by atoms with Crippen molar-refractivity contribution in [3.8, 4) is 0 Å². The minimum atomic E-state index is -0.522. The van der Waals surface area contributed by atoms with Gasteiger partial charge in [-0.2, -0.15) is 5.10 Å². The summed E-state index contributed by atoms with van der Waals surface area (Å²) in [6.07, 6.45) is 2.16. The van der Waals surface area contributed by atoms with Crippen molar-refractivity contribution in [2.45, 2.75) is 19.3 Å². The lowest BCUT2D eigenvalue weighted by Gasteiger charge is -2.16. The molecule has 0 atom stereocenters. The number of nitrogens with one attached hydrogen (secondary N) is 1. The molecule has 0 saturated heterocycles. The number of nitrogens with zero attached hydrogens (tertiary/aromatic N) is 1. The van der Waals surface area contributed by atoms with Crippen molar-refractivity contribution in [2.24, 2.45) is 5.10 Å². The Balaban J connectivity index is 2.05. The van der Waals surface area contributed by atoms with Crippen molar-refractivity contribution in [1.29, 1.82) is 0 Å². The summed E-state index contributed by atoms with van der Waals surface area (Å²) in [5, 5.41) is 4.04. The zero-order valence-corrected chi connectivity index (χ0v) is 9.19. The number of hydrogen-bond acceptors (Lipinski definition) is 3. The first kappa shape index (κ1) is 10.7. The summed E-state index contributed by atoms with van der Waals surface area (Å²) in [6, 6.07) is 8.31. The van der Waals surface area contributed by atoms with Crippen LogP contribution >= 0.6 is 0 Å². The average Bonchev–Trinajstić information content (AvgIpc) is 2.35. The highest BCUT2D eigenvalue weighted by molar-refractivity contribution is 5.89. The molecule has 2 rings (SSSR count). The van der Waals surface area contributed by atoms with E-state index in [0.29, 0.717) is 0 Å². The van der Waals surface area contributed by atoms with Crippen molar-refractivity contribution in [3.63, 3.8) is 0 Å². The second kappa shape index (κ2) is 4.79. The second-order valence-electron chi connectivity index (χ2n) is 3.73. The van der Waals surface area contributed by atoms with E-state index in [-0.39, 0.29) is 0 Å². The molecule has 1 N–H and O–H groups in total. The quantitative estimate of drug-likeness (QED) is 0.732. The number of benzene rings is 1. The van der Waals surface area contributed by atoms with E-state index < -0.39 is 6.09 Å². The molecule has 4 heteroatoms. The number of hydrogen-bond donors (Lipinski definition) is 1. The Bertz CT molecular complexity index is 427. The number of rotatable bonds is 1. The Hall–Kier alpha value is -1.84. The zero-order valence-electron chi connectivity index (χ0n) is 9.19. The lowest BCUT2D eigenvalue weighted by molar-refractivity contribution is 0.171. The third-order valence-corrected chi connectivity index (χ3v) is 2.69. The van der Waals surface area contributed by atoms with Crippen molar-refractivity contribution >= 4 is 11.8 Å². The fourth-order valence-corrected chi connectivity index (χ4v) is 1.83. The van der Waals surface area contributed by atoms with Crippen LogP contribution in [0.5, 0.6) is 0 Å². The van der Waals surface area contributed by atoms with E-state index in [1.807, 2.05) is 12.1 Å². The van der Waals surface area contributed by atoms with E-state index in [1.165, 1.54) is 18.2 Å². The first-order valence-electron chi connectivity index (χ1n) is 5.26. The number of methoxy groups -OCH3 is 1. The van der Waals surface area contributed by atoms with E-state index in [4.69, 9.17) is 0 Å². The molecule has 4 nitrogen and oxygen atoms in total. The molecule has 1 aliphatic carbocycles. The zero-order chi connectivity index (χ0) is 11.4. The first-order chi connectivity index (χ1) is 7.79. The molecule has 0 aromatic heterocycles. The maximum absolute atomic E-state index is 10.9. The van der Waals surface area contributed by atoms with Crippen molar-refractivity contribution < 1.29 is 9.53 Å². The van der Waals surface area contributed by atoms with Gasteiger partial charge in [0.05, 0.1) is 7.11 Å². The van der Waals surface area contributed by atoms with E-state index in [9.17, 15) is 4.79 Å². The Kier molecular flexibility index (Phi) is 3.19. The fraction of sp³-hybridized carbons (Fsp3) is 0.333. The van der Waals surface area contributed by atoms with Gasteiger partial charge < -0.3 is 4.74 Å². The van der Waals surface area contributed by atoms with Crippen LogP contribution in [0, 0.1) is 0 Å². The summed E-state index contributed by atoms with van der Waals surface area (Å²) in [5.41, 5.74) is 6.02. The van der Waals surface area contributed by atoms with Crippen LogP contribution in [0.25, 0.3) is 0 Å². The van der Waals surface area contributed by atoms with Crippen LogP contribution in [-0.2, 0) is 17.6 Å². The summed E-state index contributed by atoms with van der Waals surface area (Å²) in [4.78, 5) is 10.9. The molecule has 0 radical (unpaired) electrons. The number of carbonyl (C=O) groups excluding carboxylic acids is 1. The van der Waals surface area contributed by atoms with Gasteiger partial charge in [0.2, 0.25) is 0 Å². The molecular weight excluding hydrogens is 204 g/mol. The lowest BCUT2D eigenvalue weighted by Crippen LogP contribution is -2.22. The van der Waals surface area contributed by atoms with E-state index >= 15 is 0 Å². The van der Waals surface area contributed by atoms with Crippen molar-refractivity contribution in [1.82, 2.24) is 5.43 Å². The van der Waals surface area contributed by atoms with Gasteiger partial charge in [0.15, 0.2) is 0 Å². The van der Waals surface area contributed by atoms with Gasteiger partial charge >= 0.3 is 6.09 Å². The molecule has 84 valence electrons. The molecule has 0 bridgehead atoms. The summed E-state index contributed by atoms with van der Waals surface area (Å²) in [7, 11) is 1.33. The Morgan fingerprint density at radius 3 is 2.81 bits per heavy atom. The van der Waals surface area contributed by atoms with E-state index in [2.05, 4.69) is 27.4 Å². The predicted octanol–water partition coefficient (Wildman–Crippen LogP) is 1.89. The maximum Gasteiger partial charge on any atom is 0.427 e. The molecule has 0 heterocycles. The standard InChI is InChI=1S/C12H14N2O2/c1-16-12(15)14-13-11-7-6-9-4-2-3-5-10(9)8-11/h2-5H,6-8H2,1H3,(H,14,15)/b13-11-. The minimum Gasteiger partial charge on any atom is -0.452 e. The van der Waals surface area contributed by atoms with E-state index in [0.717, 1.165) is 25.0 Å². The van der Waals surface area contributed by atoms with Gasteiger partial charge in [0.1, 0.15) is 0 Å². The predicted molar refractivity (Wildman–Crippen MR) is 61.4 cm³/mol. The van der Waals surface area contributed by atoms with Gasteiger partial charge in [-0.05, 0) is 24.0 Å². The smallest absolute Gasteiger partial charge is 0.427 e. The van der Waals surface area contributed by atoms with Gasteiger partial charge in [-0.15, -0.1) is 0 Å². The van der Waals surface area contributed by atoms with Gasteiger partial charge in [-0.1, -0.05) is 24.3 Å². The number of hydrazone groups is 1. The number of aryl methyl sites for hydroxylation is 1. The molecule has 0 spiro atoms. The van der Waals surface area contributed by atoms with Gasteiger partial charge in [0.25, 0.3) is 0 Å². The Morgan fingerprint density at radius 1 is 1.31 bits per heavy atom. The molecule has 0 saturated carbocycles. The summed E-state index contributed by atoms with van der Waals surface area (Å²) in [5.74, 6) is 0. The van der Waals surface area contributed by atoms with Crippen molar-refractivity contribution in [3.05, 3.63) is 35.4 Å². The summed E-state index contributed by atoms with van der Waals surface area (Å²) < 4.78 is 4.45. The SMILES string of the molecule is COC(=O)N/N=C1/CCc2ccccc2C1. The molecule has 1 aliphatic rings. The summed E-state index contributed by atoms with van der Waals surface area (Å²) >= 11 is 0. The third-order valence-electron chi connectivity index (χ3n) is 2.69. The number of ether oxygens (including phenoxy) is 1. The average molecular weight is 218 g/mol. The molecule has 1 aromatic carbocycles. The molecule has 1 aromatic rings. The number of fused-ring (bicyclic) bond motifs is 1. The van der Waals surface area contributed by atoms with Crippen LogP contribution < -0.4 is 5.43 Å². The van der Waals surface area contributed by atoms with Gasteiger partial charge in [0, 0.05) is 12.1 Å². The topological polar surface area (TPSA) is 50.7 Å². The number of carbonyl (C=O) groups is 1. The van der Waals surface area contributed by atoms with Crippen LogP contribution in [0.2, 0.25) is 0 Å². The highest BCUT2D eigenvalue weighted by Gasteiger charge is 2.13. The van der Waals surface area contributed by atoms with Crippen LogP contribution in [0.4, 0.5) is 4.79 Å². The van der Waals surface area contributed by atoms with Gasteiger partial charge in [-0.25, -0.2) is 10.2 Å². The van der Waals surface area contributed by atoms with Crippen molar-refractivity contribution in [2.75, 3.05) is 7.11 Å². The summed E-state index contributed by atoms with van der Waals surface area (Å²) in [6.45, 7) is 0. The second-order valence-corrected chi connectivity index (χ2v) is 3.73. The first-order valence-corrected chi connectivity index (χ1v) is 5.26. The molecule has 0 fully saturated rings. The number of amides is 1. The Morgan fingerprint density at radius 2 is 2.06 bits per heavy atom. The molecule has 16 heavy (non-hydrogen) atoms. The normalized spacial score (nSPS) is 16.7. The fourth-order valence-electron chi connectivity index (χ4n) is 1.83.